The largest absolute Gasteiger partial charge is 0.435 e. The molecule has 1 spiro atoms. The monoisotopic (exact) mass is 350 g/mol. The molecule has 0 aromatic heterocycles. The van der Waals surface area contributed by atoms with Gasteiger partial charge in [0.1, 0.15) is 5.75 Å². The van der Waals surface area contributed by atoms with Crippen LogP contribution in [-0.2, 0) is 4.79 Å². The predicted molar refractivity (Wildman–Crippen MR) is 89.7 cm³/mol. The summed E-state index contributed by atoms with van der Waals surface area (Å²) in [6.07, 6.45) is 4.06. The maximum Gasteiger partial charge on any atom is 0.387 e. The first-order chi connectivity index (χ1) is 12.1. The highest BCUT2D eigenvalue weighted by atomic mass is 19.3. The van der Waals surface area contributed by atoms with Crippen LogP contribution >= 0.6 is 0 Å². The van der Waals surface area contributed by atoms with E-state index in [0.717, 1.165) is 51.0 Å². The molecule has 6 heteroatoms. The molecule has 0 radical (unpaired) electrons. The van der Waals surface area contributed by atoms with Gasteiger partial charge in [0.25, 0.3) is 0 Å². The number of amides is 1. The number of alkyl halides is 2. The molecule has 3 aliphatic rings. The van der Waals surface area contributed by atoms with Crippen LogP contribution in [0.2, 0.25) is 0 Å². The lowest BCUT2D eigenvalue weighted by atomic mass is 9.78. The van der Waals surface area contributed by atoms with E-state index >= 15 is 0 Å². The fourth-order valence-corrected chi connectivity index (χ4v) is 4.46. The van der Waals surface area contributed by atoms with Gasteiger partial charge in [-0.2, -0.15) is 8.78 Å². The number of halogens is 2. The lowest BCUT2D eigenvalue weighted by molar-refractivity contribution is -0.134. The van der Waals surface area contributed by atoms with Crippen molar-refractivity contribution in [2.75, 3.05) is 26.2 Å². The number of nitrogens with zero attached hydrogens (tertiary/aromatic N) is 1. The molecule has 1 aromatic rings. The summed E-state index contributed by atoms with van der Waals surface area (Å²) in [5.74, 6) is 0.301. The van der Waals surface area contributed by atoms with Crippen molar-refractivity contribution in [2.45, 2.75) is 38.2 Å². The van der Waals surface area contributed by atoms with Crippen LogP contribution in [0.3, 0.4) is 0 Å². The maximum atomic E-state index is 12.8. The number of benzene rings is 1. The molecule has 25 heavy (non-hydrogen) atoms. The van der Waals surface area contributed by atoms with Crippen molar-refractivity contribution in [3.63, 3.8) is 0 Å². The zero-order valence-electron chi connectivity index (χ0n) is 14.2. The van der Waals surface area contributed by atoms with E-state index in [1.54, 1.807) is 18.2 Å². The lowest BCUT2D eigenvalue weighted by Gasteiger charge is -2.39. The Morgan fingerprint density at radius 1 is 1.24 bits per heavy atom. The molecule has 3 fully saturated rings. The second-order valence-corrected chi connectivity index (χ2v) is 7.62. The van der Waals surface area contributed by atoms with Crippen molar-refractivity contribution in [1.29, 1.82) is 0 Å². The summed E-state index contributed by atoms with van der Waals surface area (Å²) in [4.78, 5) is 14.8. The summed E-state index contributed by atoms with van der Waals surface area (Å²) in [6.45, 7) is 0.948. The summed E-state index contributed by atoms with van der Waals surface area (Å²) in [5.41, 5.74) is 1.12. The van der Waals surface area contributed by atoms with Crippen LogP contribution in [0.5, 0.6) is 5.75 Å². The molecule has 2 heterocycles. The third kappa shape index (κ3) is 3.36. The Balaban J connectivity index is 1.38. The minimum absolute atomic E-state index is 0.00600. The molecule has 1 N–H and O–H groups in total. The van der Waals surface area contributed by atoms with Gasteiger partial charge in [-0.15, -0.1) is 0 Å². The number of nitrogens with one attached hydrogen (secondary N) is 1. The van der Waals surface area contributed by atoms with Crippen molar-refractivity contribution in [3.8, 4) is 5.75 Å². The molecule has 136 valence electrons. The van der Waals surface area contributed by atoms with E-state index in [1.807, 2.05) is 11.0 Å². The maximum absolute atomic E-state index is 12.8. The molecule has 2 atom stereocenters. The van der Waals surface area contributed by atoms with Crippen LogP contribution in [0.15, 0.2) is 24.3 Å². The molecule has 2 aliphatic heterocycles. The number of carbonyl (C=O) groups excluding carboxylic acids is 1. The highest BCUT2D eigenvalue weighted by Gasteiger charge is 2.48. The fourth-order valence-electron chi connectivity index (χ4n) is 4.46. The summed E-state index contributed by atoms with van der Waals surface area (Å²) >= 11 is 0. The van der Waals surface area contributed by atoms with Gasteiger partial charge in [0, 0.05) is 25.6 Å². The Bertz CT molecular complexity index is 636. The fraction of sp³-hybridized carbons (Fsp3) is 0.632. The molecule has 4 nitrogen and oxygen atoms in total. The van der Waals surface area contributed by atoms with Gasteiger partial charge in [-0.05, 0) is 55.2 Å². The van der Waals surface area contributed by atoms with E-state index in [-0.39, 0.29) is 23.5 Å². The summed E-state index contributed by atoms with van der Waals surface area (Å²) in [7, 11) is 0. The number of likely N-dealkylation sites (tertiary alicyclic amines) is 1. The first-order valence-corrected chi connectivity index (χ1v) is 9.11. The number of carbonyl (C=O) groups is 1. The third-order valence-electron chi connectivity index (χ3n) is 6.11. The smallest absolute Gasteiger partial charge is 0.387 e. The highest BCUT2D eigenvalue weighted by molar-refractivity contribution is 5.83. The van der Waals surface area contributed by atoms with Crippen molar-refractivity contribution in [2.24, 2.45) is 11.3 Å². The van der Waals surface area contributed by atoms with Crippen LogP contribution in [0, 0.1) is 11.3 Å². The van der Waals surface area contributed by atoms with Crippen molar-refractivity contribution >= 4 is 5.91 Å². The van der Waals surface area contributed by atoms with Crippen LogP contribution in [0.4, 0.5) is 8.78 Å². The normalized spacial score (nSPS) is 27.7. The third-order valence-corrected chi connectivity index (χ3v) is 6.11. The molecule has 2 unspecified atom stereocenters. The Hall–Kier alpha value is -1.69. The Kier molecular flexibility index (Phi) is 4.40. The first kappa shape index (κ1) is 16.8. The summed E-state index contributed by atoms with van der Waals surface area (Å²) in [6, 6.07) is 6.84. The van der Waals surface area contributed by atoms with Gasteiger partial charge >= 0.3 is 6.61 Å². The van der Waals surface area contributed by atoms with Crippen molar-refractivity contribution in [1.82, 2.24) is 10.2 Å². The van der Waals surface area contributed by atoms with Gasteiger partial charge in [0.15, 0.2) is 0 Å². The minimum Gasteiger partial charge on any atom is -0.435 e. The average Bonchev–Trinajstić information content (AvgIpc) is 3.28. The van der Waals surface area contributed by atoms with E-state index in [2.05, 4.69) is 10.1 Å². The predicted octanol–water partition coefficient (Wildman–Crippen LogP) is 2.99. The Labute approximate surface area is 146 Å². The lowest BCUT2D eigenvalue weighted by Crippen LogP contribution is -2.44. The number of hydrogen-bond acceptors (Lipinski definition) is 3. The molecule has 1 amide bonds. The van der Waals surface area contributed by atoms with Crippen LogP contribution in [-0.4, -0.2) is 43.6 Å². The quantitative estimate of drug-likeness (QED) is 0.908. The SMILES string of the molecule is O=C(C1CC1c1ccccc1OC(F)F)N1CCC2(CCNC2)CC1. The number of rotatable bonds is 4. The second kappa shape index (κ2) is 6.56. The van der Waals surface area contributed by atoms with Gasteiger partial charge in [0.05, 0.1) is 0 Å². The van der Waals surface area contributed by atoms with Gasteiger partial charge in [-0.3, -0.25) is 4.79 Å². The van der Waals surface area contributed by atoms with Gasteiger partial charge in [0.2, 0.25) is 5.91 Å². The number of ether oxygens (including phenoxy) is 1. The second-order valence-electron chi connectivity index (χ2n) is 7.62. The van der Waals surface area contributed by atoms with Gasteiger partial charge in [-0.25, -0.2) is 0 Å². The average molecular weight is 350 g/mol. The number of para-hydroxylation sites is 1. The zero-order chi connectivity index (χ0) is 17.4. The molecule has 1 aliphatic carbocycles. The number of piperidine rings is 1. The zero-order valence-corrected chi connectivity index (χ0v) is 14.2. The van der Waals surface area contributed by atoms with E-state index in [9.17, 15) is 13.6 Å². The Morgan fingerprint density at radius 3 is 2.68 bits per heavy atom. The van der Waals surface area contributed by atoms with E-state index in [1.165, 1.54) is 6.42 Å². The molecular weight excluding hydrogens is 326 g/mol. The van der Waals surface area contributed by atoms with E-state index in [4.69, 9.17) is 0 Å². The van der Waals surface area contributed by atoms with Crippen LogP contribution in [0.25, 0.3) is 0 Å². The standard InChI is InChI=1S/C19H24F2N2O2/c20-18(21)25-16-4-2-1-3-13(16)14-11-15(14)17(24)23-9-6-19(7-10-23)5-8-22-12-19/h1-4,14-15,18,22H,5-12H2. The minimum atomic E-state index is -2.84. The molecule has 2 saturated heterocycles. The van der Waals surface area contributed by atoms with E-state index < -0.39 is 6.61 Å². The van der Waals surface area contributed by atoms with Crippen molar-refractivity contribution in [3.05, 3.63) is 29.8 Å². The molecule has 4 rings (SSSR count). The molecular formula is C19H24F2N2O2. The Morgan fingerprint density at radius 2 is 2.00 bits per heavy atom. The van der Waals surface area contributed by atoms with Crippen LogP contribution in [0.1, 0.15) is 37.2 Å². The molecule has 1 aromatic carbocycles. The highest BCUT2D eigenvalue weighted by Crippen LogP contribution is 2.52. The van der Waals surface area contributed by atoms with Gasteiger partial charge in [-0.1, -0.05) is 18.2 Å². The van der Waals surface area contributed by atoms with E-state index in [0.29, 0.717) is 5.41 Å². The first-order valence-electron chi connectivity index (χ1n) is 9.11. The number of hydrogen-bond donors (Lipinski definition) is 1. The summed E-state index contributed by atoms with van der Waals surface area (Å²) in [5, 5.41) is 3.43. The van der Waals surface area contributed by atoms with Crippen LogP contribution < -0.4 is 10.1 Å². The summed E-state index contributed by atoms with van der Waals surface area (Å²) < 4.78 is 29.8. The molecule has 1 saturated carbocycles. The van der Waals surface area contributed by atoms with Gasteiger partial charge < -0.3 is 15.0 Å². The molecule has 0 bridgehead atoms. The van der Waals surface area contributed by atoms with Crippen molar-refractivity contribution < 1.29 is 18.3 Å². The topological polar surface area (TPSA) is 41.6 Å².